The summed E-state index contributed by atoms with van der Waals surface area (Å²) in [5.74, 6) is -2.88. The van der Waals surface area contributed by atoms with Gasteiger partial charge in [0.1, 0.15) is 18.2 Å². The van der Waals surface area contributed by atoms with Gasteiger partial charge in [-0.2, -0.15) is 0 Å². The first-order chi connectivity index (χ1) is 9.11. The van der Waals surface area contributed by atoms with Gasteiger partial charge in [-0.05, 0) is 32.9 Å². The normalized spacial score (nSPS) is 11.1. The molecule has 2 N–H and O–H groups in total. The van der Waals surface area contributed by atoms with Crippen LogP contribution in [0.5, 0.6) is 0 Å². The van der Waals surface area contributed by atoms with Gasteiger partial charge in [-0.15, -0.1) is 0 Å². The smallest absolute Gasteiger partial charge is 0.323 e. The molecule has 2 amide bonds. The van der Waals surface area contributed by atoms with Crippen molar-refractivity contribution in [1.82, 2.24) is 4.90 Å². The second kappa shape index (κ2) is 5.85. The Morgan fingerprint density at radius 3 is 2.35 bits per heavy atom. The van der Waals surface area contributed by atoms with Gasteiger partial charge < -0.3 is 15.3 Å². The zero-order valence-corrected chi connectivity index (χ0v) is 11.4. The molecule has 7 heteroatoms. The highest BCUT2D eigenvalue weighted by atomic mass is 19.1. The number of carbonyl (C=O) groups is 2. The van der Waals surface area contributed by atoms with Gasteiger partial charge >= 0.3 is 12.0 Å². The summed E-state index contributed by atoms with van der Waals surface area (Å²) in [6.07, 6.45) is 0. The second-order valence-corrected chi connectivity index (χ2v) is 5.21. The predicted molar refractivity (Wildman–Crippen MR) is 69.5 cm³/mol. The van der Waals surface area contributed by atoms with Crippen molar-refractivity contribution in [3.8, 4) is 0 Å². The molecule has 0 spiro atoms. The number of carboxylic acid groups (broad SMARTS) is 1. The maximum absolute atomic E-state index is 13.4. The highest BCUT2D eigenvalue weighted by Crippen LogP contribution is 2.18. The van der Waals surface area contributed by atoms with E-state index in [1.54, 1.807) is 20.8 Å². The molecule has 0 bridgehead atoms. The minimum Gasteiger partial charge on any atom is -0.480 e. The van der Waals surface area contributed by atoms with Crippen LogP contribution in [0.4, 0.5) is 19.3 Å². The van der Waals surface area contributed by atoms with E-state index in [9.17, 15) is 18.4 Å². The van der Waals surface area contributed by atoms with E-state index in [-0.39, 0.29) is 5.69 Å². The molecule has 0 aliphatic heterocycles. The Hall–Kier alpha value is -2.18. The quantitative estimate of drug-likeness (QED) is 0.897. The summed E-state index contributed by atoms with van der Waals surface area (Å²) in [5.41, 5.74) is -0.977. The minimum absolute atomic E-state index is 0.212. The Morgan fingerprint density at radius 1 is 1.30 bits per heavy atom. The number of carboxylic acids is 1. The largest absolute Gasteiger partial charge is 0.480 e. The van der Waals surface area contributed by atoms with Gasteiger partial charge in [-0.1, -0.05) is 0 Å². The number of hydrogen-bond donors (Lipinski definition) is 2. The van der Waals surface area contributed by atoms with E-state index in [4.69, 9.17) is 5.11 Å². The van der Waals surface area contributed by atoms with Crippen LogP contribution in [0.2, 0.25) is 0 Å². The van der Waals surface area contributed by atoms with Crippen LogP contribution in [-0.2, 0) is 4.79 Å². The number of amides is 2. The third-order valence-electron chi connectivity index (χ3n) is 2.52. The van der Waals surface area contributed by atoms with E-state index < -0.39 is 35.7 Å². The van der Waals surface area contributed by atoms with E-state index >= 15 is 0 Å². The lowest BCUT2D eigenvalue weighted by atomic mass is 10.1. The molecule has 0 heterocycles. The summed E-state index contributed by atoms with van der Waals surface area (Å²) in [5, 5.41) is 11.0. The Bertz CT molecular complexity index is 527. The molecule has 0 fully saturated rings. The van der Waals surface area contributed by atoms with Crippen LogP contribution >= 0.6 is 0 Å². The zero-order valence-electron chi connectivity index (χ0n) is 11.4. The number of aliphatic carboxylic acids is 1. The predicted octanol–water partition coefficient (Wildman–Crippen LogP) is 2.68. The lowest BCUT2D eigenvalue weighted by Gasteiger charge is -2.34. The molecule has 0 unspecified atom stereocenters. The summed E-state index contributed by atoms with van der Waals surface area (Å²) in [6.45, 7) is 4.42. The molecule has 0 aliphatic rings. The first-order valence-corrected chi connectivity index (χ1v) is 5.86. The van der Waals surface area contributed by atoms with Crippen molar-refractivity contribution in [2.24, 2.45) is 0 Å². The van der Waals surface area contributed by atoms with Crippen LogP contribution < -0.4 is 5.32 Å². The van der Waals surface area contributed by atoms with Gasteiger partial charge in [0.15, 0.2) is 0 Å². The molecular formula is C13H16F2N2O3. The van der Waals surface area contributed by atoms with Crippen LogP contribution in [0.3, 0.4) is 0 Å². The molecule has 1 rings (SSSR count). The Labute approximate surface area is 115 Å². The Morgan fingerprint density at radius 2 is 1.90 bits per heavy atom. The summed E-state index contributed by atoms with van der Waals surface area (Å²) in [7, 11) is 0. The van der Waals surface area contributed by atoms with E-state index in [0.717, 1.165) is 17.0 Å². The van der Waals surface area contributed by atoms with Crippen molar-refractivity contribution in [3.63, 3.8) is 0 Å². The summed E-state index contributed by atoms with van der Waals surface area (Å²) in [4.78, 5) is 23.8. The number of anilines is 1. The fourth-order valence-corrected chi connectivity index (χ4v) is 1.52. The average Bonchev–Trinajstić information content (AvgIpc) is 2.28. The third-order valence-corrected chi connectivity index (χ3v) is 2.52. The fourth-order valence-electron chi connectivity index (χ4n) is 1.52. The van der Waals surface area contributed by atoms with Gasteiger partial charge in [0.2, 0.25) is 0 Å². The lowest BCUT2D eigenvalue weighted by Crippen LogP contribution is -2.50. The second-order valence-electron chi connectivity index (χ2n) is 5.21. The van der Waals surface area contributed by atoms with Crippen LogP contribution in [0.1, 0.15) is 20.8 Å². The number of rotatable bonds is 3. The molecule has 0 saturated carbocycles. The van der Waals surface area contributed by atoms with Gasteiger partial charge in [0, 0.05) is 11.6 Å². The van der Waals surface area contributed by atoms with Crippen LogP contribution in [-0.4, -0.2) is 34.1 Å². The van der Waals surface area contributed by atoms with Crippen molar-refractivity contribution in [1.29, 1.82) is 0 Å². The number of nitrogens with one attached hydrogen (secondary N) is 1. The SMILES string of the molecule is CC(C)(C)N(CC(=O)O)C(=O)Nc1ccc(F)cc1F. The van der Waals surface area contributed by atoms with Crippen molar-refractivity contribution in [3.05, 3.63) is 29.8 Å². The van der Waals surface area contributed by atoms with Crippen molar-refractivity contribution >= 4 is 17.7 Å². The average molecular weight is 286 g/mol. The zero-order chi connectivity index (χ0) is 15.5. The number of halogens is 2. The van der Waals surface area contributed by atoms with Crippen molar-refractivity contribution < 1.29 is 23.5 Å². The Balaban J connectivity index is 2.93. The number of urea groups is 1. The summed E-state index contributed by atoms with van der Waals surface area (Å²) >= 11 is 0. The number of nitrogens with zero attached hydrogens (tertiary/aromatic N) is 1. The molecule has 0 aromatic heterocycles. The first kappa shape index (κ1) is 15.9. The van der Waals surface area contributed by atoms with E-state index in [2.05, 4.69) is 5.32 Å². The van der Waals surface area contributed by atoms with Gasteiger partial charge in [0.25, 0.3) is 0 Å². The van der Waals surface area contributed by atoms with Crippen LogP contribution in [0.15, 0.2) is 18.2 Å². The van der Waals surface area contributed by atoms with Gasteiger partial charge in [0.05, 0.1) is 5.69 Å². The number of benzene rings is 1. The molecular weight excluding hydrogens is 270 g/mol. The molecule has 20 heavy (non-hydrogen) atoms. The van der Waals surface area contributed by atoms with Crippen LogP contribution in [0, 0.1) is 11.6 Å². The third kappa shape index (κ3) is 4.18. The molecule has 0 radical (unpaired) electrons. The van der Waals surface area contributed by atoms with Crippen molar-refractivity contribution in [2.75, 3.05) is 11.9 Å². The van der Waals surface area contributed by atoms with E-state index in [1.165, 1.54) is 0 Å². The molecule has 110 valence electrons. The molecule has 5 nitrogen and oxygen atoms in total. The van der Waals surface area contributed by atoms with E-state index in [1.807, 2.05) is 0 Å². The molecule has 1 aromatic rings. The molecule has 0 aliphatic carbocycles. The summed E-state index contributed by atoms with van der Waals surface area (Å²) in [6, 6.07) is 1.93. The highest BCUT2D eigenvalue weighted by Gasteiger charge is 2.28. The fraction of sp³-hybridized carbons (Fsp3) is 0.385. The van der Waals surface area contributed by atoms with Crippen molar-refractivity contribution in [2.45, 2.75) is 26.3 Å². The maximum Gasteiger partial charge on any atom is 0.323 e. The standard InChI is InChI=1S/C13H16F2N2O3/c1-13(2,3)17(7-11(18)19)12(20)16-10-5-4-8(14)6-9(10)15/h4-6H,7H2,1-3H3,(H,16,20)(H,18,19). The van der Waals surface area contributed by atoms with Crippen LogP contribution in [0.25, 0.3) is 0 Å². The highest BCUT2D eigenvalue weighted by molar-refractivity contribution is 5.91. The number of hydrogen-bond acceptors (Lipinski definition) is 2. The summed E-state index contributed by atoms with van der Waals surface area (Å²) < 4.78 is 26.2. The minimum atomic E-state index is -1.19. The number of carbonyl (C=O) groups excluding carboxylic acids is 1. The lowest BCUT2D eigenvalue weighted by molar-refractivity contribution is -0.138. The first-order valence-electron chi connectivity index (χ1n) is 5.86. The molecule has 0 atom stereocenters. The topological polar surface area (TPSA) is 69.6 Å². The molecule has 0 saturated heterocycles. The maximum atomic E-state index is 13.4. The monoisotopic (exact) mass is 286 g/mol. The van der Waals surface area contributed by atoms with Gasteiger partial charge in [-0.3, -0.25) is 4.79 Å². The Kier molecular flexibility index (Phi) is 4.65. The molecule has 1 aromatic carbocycles. The van der Waals surface area contributed by atoms with E-state index in [0.29, 0.717) is 6.07 Å². The van der Waals surface area contributed by atoms with Gasteiger partial charge in [-0.25, -0.2) is 13.6 Å².